The van der Waals surface area contributed by atoms with Gasteiger partial charge in [0.2, 0.25) is 5.91 Å². The van der Waals surface area contributed by atoms with E-state index in [1.165, 1.54) is 12.1 Å². The standard InChI is InChI=1S/C20H23FN2O3/c21-16-5-3-14(4-6-16)12-23-13-15(10-19-18(23)7-9-26-19)20(24)22-11-17-2-1-8-25-17/h1-6,8,15,18-19H,7,9-13H2,(H,22,24)/t15-,18+,19+/m0/s1. The number of hydrogen-bond donors (Lipinski definition) is 1. The second-order valence-electron chi connectivity index (χ2n) is 7.05. The highest BCUT2D eigenvalue weighted by molar-refractivity contribution is 5.79. The van der Waals surface area contributed by atoms with Gasteiger partial charge in [-0.15, -0.1) is 0 Å². The maximum atomic E-state index is 13.2. The number of likely N-dealkylation sites (tertiary alicyclic amines) is 1. The first-order valence-corrected chi connectivity index (χ1v) is 9.09. The molecule has 0 saturated carbocycles. The van der Waals surface area contributed by atoms with E-state index >= 15 is 0 Å². The fourth-order valence-corrected chi connectivity index (χ4v) is 3.98. The van der Waals surface area contributed by atoms with Gasteiger partial charge >= 0.3 is 0 Å². The van der Waals surface area contributed by atoms with Gasteiger partial charge in [0.1, 0.15) is 11.6 Å². The molecule has 0 aliphatic carbocycles. The molecule has 26 heavy (non-hydrogen) atoms. The van der Waals surface area contributed by atoms with Gasteiger partial charge in [0, 0.05) is 25.7 Å². The lowest BCUT2D eigenvalue weighted by Crippen LogP contribution is -2.52. The van der Waals surface area contributed by atoms with E-state index in [4.69, 9.17) is 9.15 Å². The van der Waals surface area contributed by atoms with E-state index in [1.54, 1.807) is 18.4 Å². The predicted octanol–water partition coefficient (Wildman–Crippen LogP) is 2.71. The molecule has 6 heteroatoms. The minimum atomic E-state index is -0.232. The Morgan fingerprint density at radius 1 is 1.27 bits per heavy atom. The quantitative estimate of drug-likeness (QED) is 0.893. The van der Waals surface area contributed by atoms with Crippen molar-refractivity contribution in [3.63, 3.8) is 0 Å². The summed E-state index contributed by atoms with van der Waals surface area (Å²) in [5.41, 5.74) is 1.05. The van der Waals surface area contributed by atoms with E-state index in [2.05, 4.69) is 10.2 Å². The summed E-state index contributed by atoms with van der Waals surface area (Å²) < 4.78 is 24.3. The maximum Gasteiger partial charge on any atom is 0.224 e. The molecule has 1 aromatic carbocycles. The summed E-state index contributed by atoms with van der Waals surface area (Å²) in [6.45, 7) is 2.52. The number of rotatable bonds is 5. The highest BCUT2D eigenvalue weighted by Crippen LogP contribution is 2.32. The van der Waals surface area contributed by atoms with Crippen molar-refractivity contribution in [2.75, 3.05) is 13.2 Å². The minimum absolute atomic E-state index is 0.0273. The number of nitrogens with one attached hydrogen (secondary N) is 1. The summed E-state index contributed by atoms with van der Waals surface area (Å²) >= 11 is 0. The van der Waals surface area contributed by atoms with Crippen LogP contribution in [0.25, 0.3) is 0 Å². The predicted molar refractivity (Wildman–Crippen MR) is 93.6 cm³/mol. The van der Waals surface area contributed by atoms with Crippen LogP contribution in [0.5, 0.6) is 0 Å². The molecule has 4 rings (SSSR count). The molecule has 2 aliphatic heterocycles. The largest absolute Gasteiger partial charge is 0.467 e. The highest BCUT2D eigenvalue weighted by atomic mass is 19.1. The van der Waals surface area contributed by atoms with Crippen LogP contribution in [0.4, 0.5) is 4.39 Å². The van der Waals surface area contributed by atoms with Gasteiger partial charge in [0.05, 0.1) is 24.8 Å². The summed E-state index contributed by atoms with van der Waals surface area (Å²) in [4.78, 5) is 15.0. The lowest BCUT2D eigenvalue weighted by Gasteiger charge is -2.40. The van der Waals surface area contributed by atoms with Crippen LogP contribution in [0.3, 0.4) is 0 Å². The van der Waals surface area contributed by atoms with Crippen molar-refractivity contribution in [2.24, 2.45) is 5.92 Å². The number of amides is 1. The molecular formula is C20H23FN2O3. The molecule has 1 aromatic heterocycles. The Morgan fingerprint density at radius 2 is 2.12 bits per heavy atom. The molecule has 5 nitrogen and oxygen atoms in total. The molecule has 0 spiro atoms. The van der Waals surface area contributed by atoms with Crippen LogP contribution in [0.1, 0.15) is 24.2 Å². The number of halogens is 1. The van der Waals surface area contributed by atoms with Crippen LogP contribution in [0.15, 0.2) is 47.1 Å². The van der Waals surface area contributed by atoms with Crippen LogP contribution in [0.2, 0.25) is 0 Å². The average Bonchev–Trinajstić information content (AvgIpc) is 3.33. The number of furan rings is 1. The van der Waals surface area contributed by atoms with Crippen LogP contribution >= 0.6 is 0 Å². The fourth-order valence-electron chi connectivity index (χ4n) is 3.98. The first-order chi connectivity index (χ1) is 12.7. The molecule has 0 unspecified atom stereocenters. The molecule has 2 fully saturated rings. The van der Waals surface area contributed by atoms with E-state index in [9.17, 15) is 9.18 Å². The Hall–Kier alpha value is -2.18. The number of hydrogen-bond acceptors (Lipinski definition) is 4. The first-order valence-electron chi connectivity index (χ1n) is 9.09. The van der Waals surface area contributed by atoms with Gasteiger partial charge in [0.25, 0.3) is 0 Å². The monoisotopic (exact) mass is 358 g/mol. The normalized spacial score (nSPS) is 25.8. The fraction of sp³-hybridized carbons (Fsp3) is 0.450. The van der Waals surface area contributed by atoms with Gasteiger partial charge in [-0.1, -0.05) is 12.1 Å². The number of nitrogens with zero attached hydrogens (tertiary/aromatic N) is 1. The van der Waals surface area contributed by atoms with Gasteiger partial charge in [-0.25, -0.2) is 4.39 Å². The number of benzene rings is 1. The molecule has 3 heterocycles. The molecule has 2 aromatic rings. The molecule has 0 radical (unpaired) electrons. The third-order valence-corrected chi connectivity index (χ3v) is 5.30. The maximum absolute atomic E-state index is 13.2. The molecule has 1 amide bonds. The van der Waals surface area contributed by atoms with Crippen LogP contribution in [-0.4, -0.2) is 36.1 Å². The van der Waals surface area contributed by atoms with Crippen molar-refractivity contribution in [3.05, 3.63) is 59.8 Å². The molecule has 0 bridgehead atoms. The van der Waals surface area contributed by atoms with Gasteiger partial charge in [0.15, 0.2) is 0 Å². The van der Waals surface area contributed by atoms with E-state index in [0.717, 1.165) is 30.8 Å². The molecular weight excluding hydrogens is 335 g/mol. The Morgan fingerprint density at radius 3 is 2.88 bits per heavy atom. The Balaban J connectivity index is 1.41. The Kier molecular flexibility index (Phi) is 5.04. The third-order valence-electron chi connectivity index (χ3n) is 5.30. The Bertz CT molecular complexity index is 732. The summed E-state index contributed by atoms with van der Waals surface area (Å²) in [7, 11) is 0. The average molecular weight is 358 g/mol. The van der Waals surface area contributed by atoms with Gasteiger partial charge < -0.3 is 14.5 Å². The third kappa shape index (κ3) is 3.81. The highest BCUT2D eigenvalue weighted by Gasteiger charge is 2.42. The summed E-state index contributed by atoms with van der Waals surface area (Å²) in [5.74, 6) is 0.418. The number of ether oxygens (including phenoxy) is 1. The lowest BCUT2D eigenvalue weighted by atomic mass is 9.89. The van der Waals surface area contributed by atoms with Crippen LogP contribution in [-0.2, 0) is 22.6 Å². The van der Waals surface area contributed by atoms with Crippen LogP contribution in [0, 0.1) is 11.7 Å². The summed E-state index contributed by atoms with van der Waals surface area (Å²) in [6.07, 6.45) is 3.41. The van der Waals surface area contributed by atoms with E-state index in [0.29, 0.717) is 25.7 Å². The number of fused-ring (bicyclic) bond motifs is 1. The van der Waals surface area contributed by atoms with Crippen molar-refractivity contribution in [3.8, 4) is 0 Å². The molecule has 3 atom stereocenters. The molecule has 1 N–H and O–H groups in total. The SMILES string of the molecule is O=C(NCc1ccco1)[C@H]1C[C@H]2OCC[C@H]2N(Cc2ccc(F)cc2)C1. The van der Waals surface area contributed by atoms with Crippen molar-refractivity contribution >= 4 is 5.91 Å². The summed E-state index contributed by atoms with van der Waals surface area (Å²) in [6, 6.07) is 10.6. The van der Waals surface area contributed by atoms with Gasteiger partial charge in [-0.3, -0.25) is 9.69 Å². The Labute approximate surface area is 152 Å². The van der Waals surface area contributed by atoms with Crippen LogP contribution < -0.4 is 5.32 Å². The number of carbonyl (C=O) groups is 1. The second kappa shape index (κ2) is 7.60. The smallest absolute Gasteiger partial charge is 0.224 e. The van der Waals surface area contributed by atoms with Crippen molar-refractivity contribution in [2.45, 2.75) is 38.1 Å². The minimum Gasteiger partial charge on any atom is -0.467 e. The first kappa shape index (κ1) is 17.2. The zero-order valence-corrected chi connectivity index (χ0v) is 14.6. The van der Waals surface area contributed by atoms with Crippen molar-refractivity contribution in [1.29, 1.82) is 0 Å². The lowest BCUT2D eigenvalue weighted by molar-refractivity contribution is -0.130. The van der Waals surface area contributed by atoms with E-state index < -0.39 is 0 Å². The zero-order valence-electron chi connectivity index (χ0n) is 14.6. The number of carbonyl (C=O) groups excluding carboxylic acids is 1. The van der Waals surface area contributed by atoms with Crippen molar-refractivity contribution in [1.82, 2.24) is 10.2 Å². The topological polar surface area (TPSA) is 54.7 Å². The molecule has 2 saturated heterocycles. The van der Waals surface area contributed by atoms with Crippen molar-refractivity contribution < 1.29 is 18.3 Å². The van der Waals surface area contributed by atoms with E-state index in [1.807, 2.05) is 12.1 Å². The summed E-state index contributed by atoms with van der Waals surface area (Å²) in [5, 5.41) is 2.96. The van der Waals surface area contributed by atoms with E-state index in [-0.39, 0.29) is 23.7 Å². The second-order valence-corrected chi connectivity index (χ2v) is 7.05. The zero-order chi connectivity index (χ0) is 17.9. The molecule has 2 aliphatic rings. The van der Waals surface area contributed by atoms with Gasteiger partial charge in [-0.05, 0) is 42.7 Å². The van der Waals surface area contributed by atoms with Gasteiger partial charge in [-0.2, -0.15) is 0 Å². The number of piperidine rings is 1. The molecule has 138 valence electrons.